The summed E-state index contributed by atoms with van der Waals surface area (Å²) in [4.78, 5) is 38.3. The van der Waals surface area contributed by atoms with E-state index >= 15 is 0 Å². The minimum atomic E-state index is -0.443. The van der Waals surface area contributed by atoms with Crippen molar-refractivity contribution in [3.63, 3.8) is 0 Å². The van der Waals surface area contributed by atoms with Gasteiger partial charge in [0.25, 0.3) is 0 Å². The predicted octanol–water partition coefficient (Wildman–Crippen LogP) is 4.73. The van der Waals surface area contributed by atoms with Crippen LogP contribution in [-0.2, 0) is 23.9 Å². The van der Waals surface area contributed by atoms with Gasteiger partial charge in [0.2, 0.25) is 0 Å². The molecule has 4 aliphatic carbocycles. The number of ether oxygens (including phenoxy) is 2. The maximum Gasteiger partial charge on any atom is 0.306 e. The molecule has 0 aromatic carbocycles. The second kappa shape index (κ2) is 7.80. The Morgan fingerprint density at radius 2 is 1.47 bits per heavy atom. The molecule has 0 aromatic heterocycles. The minimum Gasteiger partial charge on any atom is -0.462 e. The van der Waals surface area contributed by atoms with E-state index in [1.807, 2.05) is 34.6 Å². The Balaban J connectivity index is 1.98. The molecule has 168 valence electrons. The summed E-state index contributed by atoms with van der Waals surface area (Å²) >= 11 is 0. The first-order chi connectivity index (χ1) is 13.8. The first-order valence-electron chi connectivity index (χ1n) is 11.4. The zero-order chi connectivity index (χ0) is 22.6. The van der Waals surface area contributed by atoms with Crippen LogP contribution < -0.4 is 0 Å². The third-order valence-corrected chi connectivity index (χ3v) is 7.73. The molecule has 0 aliphatic heterocycles. The predicted molar refractivity (Wildman–Crippen MR) is 114 cm³/mol. The van der Waals surface area contributed by atoms with Crippen molar-refractivity contribution >= 4 is 17.7 Å². The van der Waals surface area contributed by atoms with Crippen LogP contribution in [0, 0.1) is 40.4 Å². The van der Waals surface area contributed by atoms with Crippen LogP contribution in [0.25, 0.3) is 0 Å². The molecule has 0 aromatic rings. The largest absolute Gasteiger partial charge is 0.462 e. The number of ketones is 1. The Hall–Kier alpha value is -1.65. The van der Waals surface area contributed by atoms with Gasteiger partial charge in [-0.2, -0.15) is 0 Å². The molecule has 0 unspecified atom stereocenters. The molecule has 2 saturated carbocycles. The van der Waals surface area contributed by atoms with Crippen molar-refractivity contribution in [2.75, 3.05) is 0 Å². The fraction of sp³-hybridized carbons (Fsp3) is 0.800. The molecule has 0 spiro atoms. The molecule has 0 radical (unpaired) electrons. The number of hydrogen-bond acceptors (Lipinski definition) is 5. The SMILES string of the molecule is CC1=CC(=O)[C@@H]2[C@@H]3[C@H]1[C@@]2(C)[C@H](OC(=O)CC(C)C)C[C@@H](OC(=O)CC(C)C)C3(C)C. The lowest BCUT2D eigenvalue weighted by Crippen LogP contribution is -2.67. The van der Waals surface area contributed by atoms with Crippen LogP contribution in [0.5, 0.6) is 0 Å². The highest BCUT2D eigenvalue weighted by molar-refractivity contribution is 5.96. The molecule has 0 saturated heterocycles. The summed E-state index contributed by atoms with van der Waals surface area (Å²) < 4.78 is 12.1. The Morgan fingerprint density at radius 3 is 1.93 bits per heavy atom. The Morgan fingerprint density at radius 1 is 0.967 bits per heavy atom. The van der Waals surface area contributed by atoms with Gasteiger partial charge >= 0.3 is 11.9 Å². The smallest absolute Gasteiger partial charge is 0.306 e. The second-order valence-corrected chi connectivity index (χ2v) is 11.3. The first kappa shape index (κ1) is 23.0. The summed E-state index contributed by atoms with van der Waals surface area (Å²) in [6.45, 7) is 16.3. The molecular formula is C25H38O5. The van der Waals surface area contributed by atoms with E-state index in [1.54, 1.807) is 6.08 Å². The molecular weight excluding hydrogens is 380 g/mol. The third-order valence-electron chi connectivity index (χ3n) is 7.73. The van der Waals surface area contributed by atoms with E-state index in [2.05, 4.69) is 20.8 Å². The standard InChI is InChI=1S/C25H38O5/c1-13(2)9-19(27)29-17-12-18(30-20(28)10-14(3)4)25(8)21-15(5)11-16(26)22(25)23(21)24(17,6)7/h11,13-14,17-18,21-23H,9-10,12H2,1-8H3/t17-,18-,21+,22-,23+,25-/m1/s1. The molecule has 4 bridgehead atoms. The number of carbonyl (C=O) groups is 3. The highest BCUT2D eigenvalue weighted by Gasteiger charge is 2.74. The van der Waals surface area contributed by atoms with E-state index in [1.165, 1.54) is 0 Å². The number of rotatable bonds is 6. The minimum absolute atomic E-state index is 0.0886. The van der Waals surface area contributed by atoms with Gasteiger partial charge in [-0.15, -0.1) is 0 Å². The van der Waals surface area contributed by atoms with Crippen LogP contribution >= 0.6 is 0 Å². The van der Waals surface area contributed by atoms with Gasteiger partial charge in [0, 0.05) is 36.0 Å². The Kier molecular flexibility index (Phi) is 5.98. The van der Waals surface area contributed by atoms with Gasteiger partial charge < -0.3 is 9.47 Å². The fourth-order valence-electron chi connectivity index (χ4n) is 6.38. The number of carbonyl (C=O) groups excluding carboxylic acids is 3. The van der Waals surface area contributed by atoms with Gasteiger partial charge in [-0.1, -0.05) is 54.0 Å². The quantitative estimate of drug-likeness (QED) is 0.583. The van der Waals surface area contributed by atoms with Gasteiger partial charge in [0.15, 0.2) is 5.78 Å². The maximum atomic E-state index is 13.1. The van der Waals surface area contributed by atoms with Gasteiger partial charge in [-0.3, -0.25) is 14.4 Å². The second-order valence-electron chi connectivity index (χ2n) is 11.3. The average Bonchev–Trinajstić information content (AvgIpc) is 2.66. The summed E-state index contributed by atoms with van der Waals surface area (Å²) in [5.41, 5.74) is 0.234. The van der Waals surface area contributed by atoms with Crippen molar-refractivity contribution in [3.05, 3.63) is 11.6 Å². The van der Waals surface area contributed by atoms with Crippen LogP contribution in [-0.4, -0.2) is 29.9 Å². The van der Waals surface area contributed by atoms with Crippen molar-refractivity contribution in [2.24, 2.45) is 40.4 Å². The average molecular weight is 419 g/mol. The van der Waals surface area contributed by atoms with E-state index in [0.29, 0.717) is 19.3 Å². The molecule has 5 nitrogen and oxygen atoms in total. The van der Waals surface area contributed by atoms with Crippen LogP contribution in [0.15, 0.2) is 11.6 Å². The monoisotopic (exact) mass is 418 g/mol. The Labute approximate surface area is 181 Å². The number of hydrogen-bond donors (Lipinski definition) is 0. The Bertz CT molecular complexity index is 762. The van der Waals surface area contributed by atoms with Crippen LogP contribution in [0.4, 0.5) is 0 Å². The number of fused-ring (bicyclic) bond motifs is 1. The fourth-order valence-corrected chi connectivity index (χ4v) is 6.38. The summed E-state index contributed by atoms with van der Waals surface area (Å²) in [7, 11) is 0. The molecule has 2 fully saturated rings. The molecule has 0 heterocycles. The normalized spacial score (nSPS) is 36.7. The first-order valence-corrected chi connectivity index (χ1v) is 11.4. The van der Waals surface area contributed by atoms with Crippen molar-refractivity contribution in [3.8, 4) is 0 Å². The third kappa shape index (κ3) is 3.62. The van der Waals surface area contributed by atoms with Gasteiger partial charge in [0.1, 0.15) is 12.2 Å². The highest BCUT2D eigenvalue weighted by Crippen LogP contribution is 2.72. The molecule has 0 N–H and O–H groups in total. The highest BCUT2D eigenvalue weighted by atomic mass is 16.6. The van der Waals surface area contributed by atoms with Crippen molar-refractivity contribution < 1.29 is 23.9 Å². The van der Waals surface area contributed by atoms with E-state index in [4.69, 9.17) is 9.47 Å². The van der Waals surface area contributed by atoms with Crippen LogP contribution in [0.2, 0.25) is 0 Å². The van der Waals surface area contributed by atoms with Gasteiger partial charge in [-0.05, 0) is 36.7 Å². The summed E-state index contributed by atoms with van der Waals surface area (Å²) in [5, 5.41) is 0. The summed E-state index contributed by atoms with van der Waals surface area (Å²) in [6, 6.07) is 0. The van der Waals surface area contributed by atoms with Crippen LogP contribution in [0.3, 0.4) is 0 Å². The van der Waals surface area contributed by atoms with Gasteiger partial charge in [-0.25, -0.2) is 0 Å². The molecule has 4 rings (SSSR count). The topological polar surface area (TPSA) is 69.7 Å². The lowest BCUT2D eigenvalue weighted by molar-refractivity contribution is -0.204. The lowest BCUT2D eigenvalue weighted by atomic mass is 9.37. The zero-order valence-corrected chi connectivity index (χ0v) is 19.8. The molecule has 0 amide bonds. The summed E-state index contributed by atoms with van der Waals surface area (Å²) in [5.74, 6) is 0.114. The lowest BCUT2D eigenvalue weighted by Gasteiger charge is -2.65. The zero-order valence-electron chi connectivity index (χ0n) is 19.8. The van der Waals surface area contributed by atoms with Gasteiger partial charge in [0.05, 0.1) is 0 Å². The van der Waals surface area contributed by atoms with E-state index in [0.717, 1.165) is 5.57 Å². The van der Waals surface area contributed by atoms with E-state index < -0.39 is 17.6 Å². The molecule has 5 heteroatoms. The van der Waals surface area contributed by atoms with Crippen molar-refractivity contribution in [1.29, 1.82) is 0 Å². The molecule has 4 aliphatic rings. The summed E-state index contributed by atoms with van der Waals surface area (Å²) in [6.07, 6.45) is 2.08. The number of allylic oxidation sites excluding steroid dienone is 2. The molecule has 30 heavy (non-hydrogen) atoms. The van der Waals surface area contributed by atoms with Crippen molar-refractivity contribution in [2.45, 2.75) is 86.9 Å². The maximum absolute atomic E-state index is 13.1. The number of esters is 2. The van der Waals surface area contributed by atoms with E-state index in [9.17, 15) is 14.4 Å². The van der Waals surface area contributed by atoms with Crippen molar-refractivity contribution in [1.82, 2.24) is 0 Å². The van der Waals surface area contributed by atoms with E-state index in [-0.39, 0.29) is 52.7 Å². The molecule has 6 atom stereocenters. The van der Waals surface area contributed by atoms with Crippen LogP contribution in [0.1, 0.15) is 74.7 Å².